The average molecular weight is 170 g/mol. The first-order valence-electron chi connectivity index (χ1n) is 4.28. The molecule has 0 N–H and O–H groups in total. The zero-order valence-electron chi connectivity index (χ0n) is 7.66. The Morgan fingerprint density at radius 3 is 2.67 bits per heavy atom. The van der Waals surface area contributed by atoms with Crippen molar-refractivity contribution in [3.05, 3.63) is 0 Å². The van der Waals surface area contributed by atoms with Crippen molar-refractivity contribution in [2.24, 2.45) is 17.3 Å². The summed E-state index contributed by atoms with van der Waals surface area (Å²) in [5.74, 6) is 0.750. The summed E-state index contributed by atoms with van der Waals surface area (Å²) in [4.78, 5) is 11.2. The summed E-state index contributed by atoms with van der Waals surface area (Å²) in [6.07, 6.45) is -0.296. The van der Waals surface area contributed by atoms with Crippen LogP contribution in [0, 0.1) is 17.3 Å². The van der Waals surface area contributed by atoms with E-state index in [1.165, 1.54) is 7.11 Å². The molecule has 3 nitrogen and oxygen atoms in total. The predicted octanol–water partition coefficient (Wildman–Crippen LogP) is 0.830. The molecule has 0 radical (unpaired) electrons. The van der Waals surface area contributed by atoms with Gasteiger partial charge in [-0.25, -0.2) is 4.79 Å². The lowest BCUT2D eigenvalue weighted by Crippen LogP contribution is -2.27. The van der Waals surface area contributed by atoms with E-state index in [4.69, 9.17) is 4.74 Å². The number of carbonyl (C=O) groups is 1. The predicted molar refractivity (Wildman–Crippen MR) is 42.5 cm³/mol. The zero-order chi connectivity index (χ0) is 8.93. The van der Waals surface area contributed by atoms with E-state index in [0.717, 1.165) is 6.61 Å². The highest BCUT2D eigenvalue weighted by Gasteiger charge is 2.67. The molecule has 2 fully saturated rings. The van der Waals surface area contributed by atoms with Crippen LogP contribution in [0.3, 0.4) is 0 Å². The standard InChI is InChI=1S/C9H14O3/c1-9(2)5-4-12-7(6(5)9)8(10)11-3/h5-7H,4H2,1-3H3/t5?,6?,7-/m0/s1. The SMILES string of the molecule is COC(=O)[C@H]1OCC2C1C2(C)C. The third kappa shape index (κ3) is 0.829. The number of carbonyl (C=O) groups excluding carboxylic acids is 1. The van der Waals surface area contributed by atoms with Gasteiger partial charge in [-0.3, -0.25) is 0 Å². The molecule has 1 saturated heterocycles. The molecule has 3 heteroatoms. The Morgan fingerprint density at radius 2 is 2.25 bits per heavy atom. The van der Waals surface area contributed by atoms with Gasteiger partial charge in [0.2, 0.25) is 0 Å². The number of rotatable bonds is 1. The van der Waals surface area contributed by atoms with Crippen molar-refractivity contribution in [2.75, 3.05) is 13.7 Å². The van der Waals surface area contributed by atoms with Crippen LogP contribution >= 0.6 is 0 Å². The first kappa shape index (κ1) is 8.05. The van der Waals surface area contributed by atoms with Crippen LogP contribution in [0.25, 0.3) is 0 Å². The molecule has 0 aromatic rings. The summed E-state index contributed by atoms with van der Waals surface area (Å²) < 4.78 is 9.99. The molecule has 2 rings (SSSR count). The molecule has 12 heavy (non-hydrogen) atoms. The lowest BCUT2D eigenvalue weighted by atomic mass is 10.1. The van der Waals surface area contributed by atoms with Crippen molar-refractivity contribution in [2.45, 2.75) is 20.0 Å². The van der Waals surface area contributed by atoms with Crippen LogP contribution in [0.4, 0.5) is 0 Å². The number of fused-ring (bicyclic) bond motifs is 1. The highest BCUT2D eigenvalue weighted by molar-refractivity contribution is 5.76. The van der Waals surface area contributed by atoms with E-state index in [0.29, 0.717) is 11.8 Å². The maximum atomic E-state index is 11.2. The first-order valence-corrected chi connectivity index (χ1v) is 4.28. The van der Waals surface area contributed by atoms with Crippen molar-refractivity contribution >= 4 is 5.97 Å². The van der Waals surface area contributed by atoms with Crippen molar-refractivity contribution in [1.29, 1.82) is 0 Å². The summed E-state index contributed by atoms with van der Waals surface area (Å²) in [7, 11) is 1.41. The molecular formula is C9H14O3. The minimum atomic E-state index is -0.296. The molecule has 68 valence electrons. The number of hydrogen-bond acceptors (Lipinski definition) is 3. The minimum absolute atomic E-state index is 0.215. The van der Waals surface area contributed by atoms with Gasteiger partial charge in [-0.1, -0.05) is 13.8 Å². The van der Waals surface area contributed by atoms with Crippen molar-refractivity contribution < 1.29 is 14.3 Å². The van der Waals surface area contributed by atoms with Gasteiger partial charge >= 0.3 is 5.97 Å². The van der Waals surface area contributed by atoms with Gasteiger partial charge in [0.15, 0.2) is 6.10 Å². The second-order valence-corrected chi connectivity index (χ2v) is 4.23. The van der Waals surface area contributed by atoms with Gasteiger partial charge in [0.05, 0.1) is 13.7 Å². The largest absolute Gasteiger partial charge is 0.467 e. The van der Waals surface area contributed by atoms with Crippen molar-refractivity contribution in [3.63, 3.8) is 0 Å². The number of methoxy groups -OCH3 is 1. The lowest BCUT2D eigenvalue weighted by molar-refractivity contribution is -0.154. The second-order valence-electron chi connectivity index (χ2n) is 4.23. The second kappa shape index (κ2) is 2.22. The fourth-order valence-corrected chi connectivity index (χ4v) is 2.35. The third-order valence-corrected chi connectivity index (χ3v) is 3.35. The maximum Gasteiger partial charge on any atom is 0.335 e. The van der Waals surface area contributed by atoms with Gasteiger partial charge in [0.1, 0.15) is 0 Å². The Labute approximate surface area is 72.0 Å². The molecule has 0 aromatic carbocycles. The Bertz CT molecular complexity index is 222. The minimum Gasteiger partial charge on any atom is -0.467 e. The van der Waals surface area contributed by atoms with Crippen molar-refractivity contribution in [3.8, 4) is 0 Å². The van der Waals surface area contributed by atoms with Crippen LogP contribution < -0.4 is 0 Å². The third-order valence-electron chi connectivity index (χ3n) is 3.35. The highest BCUT2D eigenvalue weighted by atomic mass is 16.6. The van der Waals surface area contributed by atoms with Crippen LogP contribution in [-0.2, 0) is 14.3 Å². The van der Waals surface area contributed by atoms with Crippen LogP contribution in [0.2, 0.25) is 0 Å². The molecule has 1 heterocycles. The topological polar surface area (TPSA) is 35.5 Å². The highest BCUT2D eigenvalue weighted by Crippen LogP contribution is 2.64. The van der Waals surface area contributed by atoms with Gasteiger partial charge in [0, 0.05) is 5.92 Å². The van der Waals surface area contributed by atoms with E-state index in [-0.39, 0.29) is 17.5 Å². The molecular weight excluding hydrogens is 156 g/mol. The first-order chi connectivity index (χ1) is 5.59. The van der Waals surface area contributed by atoms with E-state index in [1.54, 1.807) is 0 Å². The Kier molecular flexibility index (Phi) is 1.49. The molecule has 2 unspecified atom stereocenters. The zero-order valence-corrected chi connectivity index (χ0v) is 7.66. The summed E-state index contributed by atoms with van der Waals surface area (Å²) in [5, 5.41) is 0. The molecule has 1 aliphatic carbocycles. The smallest absolute Gasteiger partial charge is 0.335 e. The summed E-state index contributed by atoms with van der Waals surface area (Å²) in [6.45, 7) is 5.08. The van der Waals surface area contributed by atoms with Gasteiger partial charge in [-0.2, -0.15) is 0 Å². The normalized spacial score (nSPS) is 42.1. The van der Waals surface area contributed by atoms with E-state index >= 15 is 0 Å². The number of ether oxygens (including phenoxy) is 2. The fourth-order valence-electron chi connectivity index (χ4n) is 2.35. The summed E-state index contributed by atoms with van der Waals surface area (Å²) in [5.41, 5.74) is 0.289. The van der Waals surface area contributed by atoms with Crippen LogP contribution in [0.5, 0.6) is 0 Å². The van der Waals surface area contributed by atoms with E-state index in [9.17, 15) is 4.79 Å². The van der Waals surface area contributed by atoms with Crippen LogP contribution in [-0.4, -0.2) is 25.8 Å². The maximum absolute atomic E-state index is 11.2. The molecule has 0 spiro atoms. The van der Waals surface area contributed by atoms with E-state index < -0.39 is 0 Å². The van der Waals surface area contributed by atoms with E-state index in [1.807, 2.05) is 0 Å². The molecule has 1 saturated carbocycles. The van der Waals surface area contributed by atoms with Crippen molar-refractivity contribution in [1.82, 2.24) is 0 Å². The molecule has 2 aliphatic rings. The van der Waals surface area contributed by atoms with Gasteiger partial charge in [-0.05, 0) is 11.3 Å². The molecule has 3 atom stereocenters. The molecule has 0 bridgehead atoms. The monoisotopic (exact) mass is 170 g/mol. The lowest BCUT2D eigenvalue weighted by Gasteiger charge is -2.15. The average Bonchev–Trinajstić information content (AvgIpc) is 2.52. The molecule has 1 aliphatic heterocycles. The fraction of sp³-hybridized carbons (Fsp3) is 0.889. The Morgan fingerprint density at radius 1 is 1.58 bits per heavy atom. The summed E-state index contributed by atoms with van der Waals surface area (Å²) >= 11 is 0. The number of esters is 1. The summed E-state index contributed by atoms with van der Waals surface area (Å²) in [6, 6.07) is 0. The quantitative estimate of drug-likeness (QED) is 0.547. The van der Waals surface area contributed by atoms with Gasteiger partial charge < -0.3 is 9.47 Å². The Balaban J connectivity index is 2.08. The van der Waals surface area contributed by atoms with Crippen LogP contribution in [0.15, 0.2) is 0 Å². The van der Waals surface area contributed by atoms with Gasteiger partial charge in [0.25, 0.3) is 0 Å². The number of hydrogen-bond donors (Lipinski definition) is 0. The Hall–Kier alpha value is -0.570. The van der Waals surface area contributed by atoms with E-state index in [2.05, 4.69) is 18.6 Å². The van der Waals surface area contributed by atoms with Gasteiger partial charge in [-0.15, -0.1) is 0 Å². The van der Waals surface area contributed by atoms with Crippen LogP contribution in [0.1, 0.15) is 13.8 Å². The molecule has 0 amide bonds. The molecule has 0 aromatic heterocycles.